The first-order valence-corrected chi connectivity index (χ1v) is 11.6. The van der Waals surface area contributed by atoms with E-state index in [0.717, 1.165) is 28.8 Å². The highest BCUT2D eigenvalue weighted by Gasteiger charge is 2.12. The summed E-state index contributed by atoms with van der Waals surface area (Å²) < 4.78 is 0.705. The third kappa shape index (κ3) is 5.20. The summed E-state index contributed by atoms with van der Waals surface area (Å²) in [6.07, 6.45) is 3.45. The molecule has 6 nitrogen and oxygen atoms in total. The van der Waals surface area contributed by atoms with Gasteiger partial charge in [0.25, 0.3) is 5.91 Å². The van der Waals surface area contributed by atoms with Gasteiger partial charge < -0.3 is 5.32 Å². The lowest BCUT2D eigenvalue weighted by molar-refractivity contribution is 0.0977. The van der Waals surface area contributed by atoms with E-state index in [0.29, 0.717) is 10.0 Å². The van der Waals surface area contributed by atoms with Crippen LogP contribution in [0.3, 0.4) is 0 Å². The number of carbonyl (C=O) groups is 1. The van der Waals surface area contributed by atoms with Crippen LogP contribution < -0.4 is 10.6 Å². The summed E-state index contributed by atoms with van der Waals surface area (Å²) in [5.74, 6) is -0.288. The fraction of sp³-hybridized carbons (Fsp3) is 0.167. The Labute approximate surface area is 200 Å². The Bertz CT molecular complexity index is 1270. The lowest BCUT2D eigenvalue weighted by atomic mass is 10.1. The number of benzene rings is 3. The SMILES string of the molecule is CCCCc1ccc(-n2nc3ccc(NC(=S)NC(=O)c4ccccc4Br)cc3n2)cc1. The maximum Gasteiger partial charge on any atom is 0.258 e. The van der Waals surface area contributed by atoms with Gasteiger partial charge in [-0.05, 0) is 89.0 Å². The van der Waals surface area contributed by atoms with Gasteiger partial charge in [-0.3, -0.25) is 10.1 Å². The van der Waals surface area contributed by atoms with E-state index in [2.05, 4.69) is 55.8 Å². The van der Waals surface area contributed by atoms with E-state index in [1.807, 2.05) is 36.4 Å². The molecule has 0 spiro atoms. The van der Waals surface area contributed by atoms with E-state index >= 15 is 0 Å². The second-order valence-electron chi connectivity index (χ2n) is 7.35. The van der Waals surface area contributed by atoms with Gasteiger partial charge in [-0.25, -0.2) is 0 Å². The topological polar surface area (TPSA) is 71.8 Å². The van der Waals surface area contributed by atoms with Crippen molar-refractivity contribution in [1.82, 2.24) is 20.3 Å². The predicted octanol–water partition coefficient (Wildman–Crippen LogP) is 5.65. The molecule has 0 saturated heterocycles. The average Bonchev–Trinajstić information content (AvgIpc) is 3.21. The number of unbranched alkanes of at least 4 members (excludes halogenated alkanes) is 1. The summed E-state index contributed by atoms with van der Waals surface area (Å²) in [6, 6.07) is 21.1. The minimum absolute atomic E-state index is 0.208. The number of aromatic nitrogens is 3. The van der Waals surface area contributed by atoms with Crippen LogP contribution in [0.4, 0.5) is 5.69 Å². The zero-order valence-electron chi connectivity index (χ0n) is 17.5. The van der Waals surface area contributed by atoms with Crippen molar-refractivity contribution in [1.29, 1.82) is 0 Å². The van der Waals surface area contributed by atoms with Gasteiger partial charge in [0, 0.05) is 10.2 Å². The van der Waals surface area contributed by atoms with Crippen molar-refractivity contribution in [2.45, 2.75) is 26.2 Å². The Morgan fingerprint density at radius 3 is 2.53 bits per heavy atom. The lowest BCUT2D eigenvalue weighted by Crippen LogP contribution is -2.34. The van der Waals surface area contributed by atoms with Crippen molar-refractivity contribution in [2.75, 3.05) is 5.32 Å². The molecule has 4 aromatic rings. The quantitative estimate of drug-likeness (QED) is 0.329. The number of anilines is 1. The van der Waals surface area contributed by atoms with Crippen molar-refractivity contribution < 1.29 is 4.79 Å². The minimum atomic E-state index is -0.288. The van der Waals surface area contributed by atoms with Gasteiger partial charge >= 0.3 is 0 Å². The average molecular weight is 508 g/mol. The zero-order valence-corrected chi connectivity index (χ0v) is 19.9. The van der Waals surface area contributed by atoms with Crippen molar-refractivity contribution in [3.63, 3.8) is 0 Å². The molecule has 0 aliphatic heterocycles. The molecule has 32 heavy (non-hydrogen) atoms. The van der Waals surface area contributed by atoms with Crippen LogP contribution in [0.15, 0.2) is 71.2 Å². The van der Waals surface area contributed by atoms with Gasteiger partial charge in [-0.2, -0.15) is 4.80 Å². The molecule has 0 saturated carbocycles. The van der Waals surface area contributed by atoms with Crippen LogP contribution >= 0.6 is 28.1 Å². The van der Waals surface area contributed by atoms with Gasteiger partial charge in [0.1, 0.15) is 11.0 Å². The Hall–Kier alpha value is -3.10. The summed E-state index contributed by atoms with van der Waals surface area (Å²) in [4.78, 5) is 14.1. The molecule has 1 heterocycles. The second kappa shape index (κ2) is 10.0. The molecule has 0 aliphatic rings. The molecule has 1 amide bonds. The molecule has 0 aliphatic carbocycles. The highest BCUT2D eigenvalue weighted by atomic mass is 79.9. The smallest absolute Gasteiger partial charge is 0.258 e. The van der Waals surface area contributed by atoms with E-state index < -0.39 is 0 Å². The Balaban J connectivity index is 1.45. The van der Waals surface area contributed by atoms with Crippen LogP contribution in [0, 0.1) is 0 Å². The van der Waals surface area contributed by atoms with E-state index in [4.69, 9.17) is 12.2 Å². The van der Waals surface area contributed by atoms with Crippen LogP contribution in [0.1, 0.15) is 35.7 Å². The maximum absolute atomic E-state index is 12.4. The Kier molecular flexibility index (Phi) is 6.92. The molecular weight excluding hydrogens is 486 g/mol. The van der Waals surface area contributed by atoms with Gasteiger partial charge in [-0.1, -0.05) is 37.6 Å². The van der Waals surface area contributed by atoms with Gasteiger partial charge in [0.2, 0.25) is 0 Å². The molecular formula is C24H22BrN5OS. The molecule has 0 atom stereocenters. The van der Waals surface area contributed by atoms with E-state index in [9.17, 15) is 4.79 Å². The lowest BCUT2D eigenvalue weighted by Gasteiger charge is -2.10. The Morgan fingerprint density at radius 1 is 1.03 bits per heavy atom. The number of carbonyl (C=O) groups excluding carboxylic acids is 1. The molecule has 3 aromatic carbocycles. The molecule has 8 heteroatoms. The van der Waals surface area contributed by atoms with Crippen molar-refractivity contribution >= 4 is 55.9 Å². The Morgan fingerprint density at radius 2 is 1.78 bits per heavy atom. The number of aryl methyl sites for hydroxylation is 1. The molecule has 0 radical (unpaired) electrons. The monoisotopic (exact) mass is 507 g/mol. The van der Waals surface area contributed by atoms with Crippen molar-refractivity contribution in [2.24, 2.45) is 0 Å². The first kappa shape index (κ1) is 22.1. The van der Waals surface area contributed by atoms with E-state index in [1.54, 1.807) is 23.0 Å². The van der Waals surface area contributed by atoms with Crippen molar-refractivity contribution in [3.8, 4) is 5.69 Å². The van der Waals surface area contributed by atoms with Gasteiger partial charge in [0.15, 0.2) is 5.11 Å². The summed E-state index contributed by atoms with van der Waals surface area (Å²) in [5, 5.41) is 15.1. The number of fused-ring (bicyclic) bond motifs is 1. The molecule has 0 unspecified atom stereocenters. The molecule has 162 valence electrons. The minimum Gasteiger partial charge on any atom is -0.332 e. The number of nitrogens with zero attached hydrogens (tertiary/aromatic N) is 3. The highest BCUT2D eigenvalue weighted by molar-refractivity contribution is 9.10. The van der Waals surface area contributed by atoms with E-state index in [1.165, 1.54) is 18.4 Å². The standard InChI is InChI=1S/C24H22BrN5OS/c1-2-3-6-16-9-12-18(13-10-16)30-28-21-14-11-17(15-22(21)29-30)26-24(32)27-23(31)19-7-4-5-8-20(19)25/h4-5,7-15H,2-3,6H2,1H3,(H2,26,27,31,32). The molecule has 0 fully saturated rings. The van der Waals surface area contributed by atoms with Gasteiger partial charge in [-0.15, -0.1) is 10.2 Å². The third-order valence-electron chi connectivity index (χ3n) is 4.97. The number of hydrogen-bond donors (Lipinski definition) is 2. The van der Waals surface area contributed by atoms with Crippen molar-refractivity contribution in [3.05, 3.63) is 82.3 Å². The predicted molar refractivity (Wildman–Crippen MR) is 135 cm³/mol. The summed E-state index contributed by atoms with van der Waals surface area (Å²) in [5.41, 5.74) is 4.95. The zero-order chi connectivity index (χ0) is 22.5. The number of amides is 1. The summed E-state index contributed by atoms with van der Waals surface area (Å²) in [6.45, 7) is 2.19. The van der Waals surface area contributed by atoms with Crippen LogP contribution in [0.2, 0.25) is 0 Å². The van der Waals surface area contributed by atoms with Gasteiger partial charge in [0.05, 0.1) is 11.3 Å². The number of nitrogens with one attached hydrogen (secondary N) is 2. The number of hydrogen-bond acceptors (Lipinski definition) is 4. The first-order valence-electron chi connectivity index (χ1n) is 10.4. The van der Waals surface area contributed by atoms with Crippen LogP contribution in [0.5, 0.6) is 0 Å². The normalized spacial score (nSPS) is 10.8. The van der Waals surface area contributed by atoms with Crippen LogP contribution in [0.25, 0.3) is 16.7 Å². The molecule has 1 aromatic heterocycles. The fourth-order valence-electron chi connectivity index (χ4n) is 3.26. The largest absolute Gasteiger partial charge is 0.332 e. The summed E-state index contributed by atoms with van der Waals surface area (Å²) in [7, 11) is 0. The molecule has 4 rings (SSSR count). The fourth-order valence-corrected chi connectivity index (χ4v) is 3.94. The number of rotatable bonds is 6. The second-order valence-corrected chi connectivity index (χ2v) is 8.61. The van der Waals surface area contributed by atoms with E-state index in [-0.39, 0.29) is 11.0 Å². The third-order valence-corrected chi connectivity index (χ3v) is 5.87. The molecule has 0 bridgehead atoms. The van der Waals surface area contributed by atoms with Crippen LogP contribution in [-0.4, -0.2) is 26.0 Å². The summed E-state index contributed by atoms with van der Waals surface area (Å²) >= 11 is 8.68. The first-order chi connectivity index (χ1) is 15.5. The maximum atomic E-state index is 12.4. The van der Waals surface area contributed by atoms with Crippen LogP contribution in [-0.2, 0) is 6.42 Å². The number of thiocarbonyl (C=S) groups is 1. The number of halogens is 1. The highest BCUT2D eigenvalue weighted by Crippen LogP contribution is 2.19. The molecule has 2 N–H and O–H groups in total.